The van der Waals surface area contributed by atoms with Crippen LogP contribution in [0.1, 0.15) is 0 Å². The largest absolute Gasteiger partial charge is 0.468 e. The number of carbonyl (C=O) groups is 3. The summed E-state index contributed by atoms with van der Waals surface area (Å²) in [6.45, 7) is -0.283. The van der Waals surface area contributed by atoms with Crippen LogP contribution in [0.15, 0.2) is 0 Å². The lowest BCUT2D eigenvalue weighted by molar-refractivity contribution is -0.144. The van der Waals surface area contributed by atoms with Crippen molar-refractivity contribution in [3.63, 3.8) is 0 Å². The third-order valence-corrected chi connectivity index (χ3v) is 1.75. The number of methoxy groups -OCH3 is 1. The number of ether oxygens (including phenoxy) is 1. The highest BCUT2D eigenvalue weighted by atomic mass is 16.5. The Kier molecular flexibility index (Phi) is 2.50. The van der Waals surface area contributed by atoms with Gasteiger partial charge in [-0.25, -0.2) is 4.79 Å². The van der Waals surface area contributed by atoms with E-state index in [-0.39, 0.29) is 19.0 Å². The molecule has 0 unspecified atom stereocenters. The lowest BCUT2D eigenvalue weighted by atomic mass is 10.5. The quantitative estimate of drug-likeness (QED) is 0.412. The molecular weight excluding hydrogens is 176 g/mol. The molecule has 0 aromatic heterocycles. The number of carbonyl (C=O) groups excluding carboxylic acids is 3. The van der Waals surface area contributed by atoms with E-state index in [2.05, 4.69) is 4.74 Å². The predicted molar refractivity (Wildman–Crippen MR) is 41.8 cm³/mol. The number of amides is 3. The maximum absolute atomic E-state index is 11.2. The molecule has 0 bridgehead atoms. The van der Waals surface area contributed by atoms with Gasteiger partial charge in [-0.3, -0.25) is 14.5 Å². The smallest absolute Gasteiger partial charge is 0.327 e. The van der Waals surface area contributed by atoms with Crippen molar-refractivity contribution in [2.24, 2.45) is 0 Å². The van der Waals surface area contributed by atoms with Gasteiger partial charge in [0.2, 0.25) is 0 Å². The molecule has 6 heteroatoms. The molecule has 1 saturated heterocycles. The van der Waals surface area contributed by atoms with Gasteiger partial charge < -0.3 is 9.64 Å². The predicted octanol–water partition coefficient (Wildman–Crippen LogP) is -0.947. The Hall–Kier alpha value is -1.59. The molecule has 1 rings (SSSR count). The van der Waals surface area contributed by atoms with E-state index in [9.17, 15) is 14.4 Å². The van der Waals surface area contributed by atoms with Crippen LogP contribution in [0.2, 0.25) is 0 Å². The fourth-order valence-corrected chi connectivity index (χ4v) is 1.02. The molecule has 0 spiro atoms. The molecule has 1 fully saturated rings. The highest BCUT2D eigenvalue weighted by molar-refractivity contribution is 6.03. The summed E-state index contributed by atoms with van der Waals surface area (Å²) >= 11 is 0. The van der Waals surface area contributed by atoms with E-state index >= 15 is 0 Å². The Morgan fingerprint density at radius 2 is 2.15 bits per heavy atom. The van der Waals surface area contributed by atoms with E-state index in [1.165, 1.54) is 19.1 Å². The van der Waals surface area contributed by atoms with Crippen LogP contribution in [0.5, 0.6) is 0 Å². The molecule has 0 aliphatic carbocycles. The maximum Gasteiger partial charge on any atom is 0.327 e. The van der Waals surface area contributed by atoms with Gasteiger partial charge in [-0.1, -0.05) is 0 Å². The summed E-state index contributed by atoms with van der Waals surface area (Å²) in [5.41, 5.74) is 0. The summed E-state index contributed by atoms with van der Waals surface area (Å²) in [6.07, 6.45) is 0. The molecule has 72 valence electrons. The van der Waals surface area contributed by atoms with Crippen LogP contribution in [-0.2, 0) is 14.3 Å². The normalized spacial score (nSPS) is 16.8. The van der Waals surface area contributed by atoms with Crippen LogP contribution in [-0.4, -0.2) is 55.0 Å². The average Bonchev–Trinajstić information content (AvgIpc) is 2.32. The van der Waals surface area contributed by atoms with Crippen molar-refractivity contribution in [2.45, 2.75) is 0 Å². The number of likely N-dealkylation sites (N-methyl/N-ethyl adjacent to an activating group) is 1. The Labute approximate surface area is 75.0 Å². The van der Waals surface area contributed by atoms with E-state index in [1.54, 1.807) is 0 Å². The molecule has 13 heavy (non-hydrogen) atoms. The van der Waals surface area contributed by atoms with Gasteiger partial charge in [-0.05, 0) is 0 Å². The fourth-order valence-electron chi connectivity index (χ4n) is 1.02. The molecule has 0 aromatic carbocycles. The molecule has 1 heterocycles. The topological polar surface area (TPSA) is 66.9 Å². The van der Waals surface area contributed by atoms with Gasteiger partial charge in [0.05, 0.1) is 7.11 Å². The number of hydrogen-bond donors (Lipinski definition) is 0. The van der Waals surface area contributed by atoms with Gasteiger partial charge in [-0.2, -0.15) is 0 Å². The molecule has 0 atom stereocenters. The van der Waals surface area contributed by atoms with Gasteiger partial charge in [0.1, 0.15) is 13.1 Å². The molecule has 1 aliphatic heterocycles. The highest BCUT2D eigenvalue weighted by Crippen LogP contribution is 2.06. The van der Waals surface area contributed by atoms with Crippen LogP contribution in [0.4, 0.5) is 4.79 Å². The van der Waals surface area contributed by atoms with Crippen molar-refractivity contribution < 1.29 is 19.1 Å². The van der Waals surface area contributed by atoms with Gasteiger partial charge in [0, 0.05) is 7.05 Å². The Bertz CT molecular complexity index is 263. The van der Waals surface area contributed by atoms with Crippen molar-refractivity contribution in [2.75, 3.05) is 27.2 Å². The van der Waals surface area contributed by atoms with E-state index in [0.29, 0.717) is 0 Å². The first-order chi connectivity index (χ1) is 6.06. The van der Waals surface area contributed by atoms with Crippen molar-refractivity contribution in [1.29, 1.82) is 0 Å². The SMILES string of the molecule is COC(=O)CN1C(=O)CN(C)C1=O. The lowest BCUT2D eigenvalue weighted by Gasteiger charge is -2.11. The van der Waals surface area contributed by atoms with E-state index in [4.69, 9.17) is 0 Å². The number of rotatable bonds is 2. The van der Waals surface area contributed by atoms with E-state index < -0.39 is 12.0 Å². The standard InChI is InChI=1S/C7H10N2O4/c1-8-3-5(10)9(7(8)12)4-6(11)13-2/h3-4H2,1-2H3. The third-order valence-electron chi connectivity index (χ3n) is 1.75. The molecule has 0 saturated carbocycles. The molecule has 1 aliphatic rings. The average molecular weight is 186 g/mol. The Morgan fingerprint density at radius 3 is 2.54 bits per heavy atom. The second kappa shape index (κ2) is 3.42. The first kappa shape index (κ1) is 9.50. The summed E-state index contributed by atoms with van der Waals surface area (Å²) in [5, 5.41) is 0. The van der Waals surface area contributed by atoms with Crippen molar-refractivity contribution in [1.82, 2.24) is 9.80 Å². The molecule has 0 radical (unpaired) electrons. The van der Waals surface area contributed by atoms with Crippen LogP contribution in [0, 0.1) is 0 Å². The summed E-state index contributed by atoms with van der Waals surface area (Å²) in [7, 11) is 2.70. The van der Waals surface area contributed by atoms with Gasteiger partial charge >= 0.3 is 12.0 Å². The van der Waals surface area contributed by atoms with Crippen molar-refractivity contribution >= 4 is 17.9 Å². The lowest BCUT2D eigenvalue weighted by Crippen LogP contribution is -2.36. The summed E-state index contributed by atoms with van der Waals surface area (Å²) in [4.78, 5) is 35.2. The van der Waals surface area contributed by atoms with Crippen LogP contribution >= 0.6 is 0 Å². The summed E-state index contributed by atoms with van der Waals surface area (Å²) in [5.74, 6) is -0.977. The Balaban J connectivity index is 2.64. The highest BCUT2D eigenvalue weighted by Gasteiger charge is 2.34. The second-order valence-electron chi connectivity index (χ2n) is 2.69. The van der Waals surface area contributed by atoms with Crippen LogP contribution in [0.3, 0.4) is 0 Å². The zero-order chi connectivity index (χ0) is 10.0. The second-order valence-corrected chi connectivity index (χ2v) is 2.69. The first-order valence-electron chi connectivity index (χ1n) is 3.68. The third kappa shape index (κ3) is 1.77. The van der Waals surface area contributed by atoms with Crippen molar-refractivity contribution in [3.8, 4) is 0 Å². The van der Waals surface area contributed by atoms with Gasteiger partial charge in [0.15, 0.2) is 0 Å². The minimum Gasteiger partial charge on any atom is -0.468 e. The summed E-state index contributed by atoms with van der Waals surface area (Å²) in [6, 6.07) is -0.463. The summed E-state index contributed by atoms with van der Waals surface area (Å²) < 4.78 is 4.34. The van der Waals surface area contributed by atoms with Gasteiger partial charge in [-0.15, -0.1) is 0 Å². The number of urea groups is 1. The molecule has 0 aromatic rings. The zero-order valence-electron chi connectivity index (χ0n) is 7.44. The monoisotopic (exact) mass is 186 g/mol. The van der Waals surface area contributed by atoms with Crippen LogP contribution in [0.25, 0.3) is 0 Å². The number of hydrogen-bond acceptors (Lipinski definition) is 4. The molecule has 0 N–H and O–H groups in total. The number of nitrogens with zero attached hydrogens (tertiary/aromatic N) is 2. The van der Waals surface area contributed by atoms with Gasteiger partial charge in [0.25, 0.3) is 5.91 Å². The van der Waals surface area contributed by atoms with Crippen molar-refractivity contribution in [3.05, 3.63) is 0 Å². The fraction of sp³-hybridized carbons (Fsp3) is 0.571. The first-order valence-corrected chi connectivity index (χ1v) is 3.68. The number of imide groups is 1. The molecular formula is C7H10N2O4. The Morgan fingerprint density at radius 1 is 1.54 bits per heavy atom. The van der Waals surface area contributed by atoms with E-state index in [1.807, 2.05) is 0 Å². The molecule has 6 nitrogen and oxygen atoms in total. The molecule has 3 amide bonds. The van der Waals surface area contributed by atoms with E-state index in [0.717, 1.165) is 4.90 Å². The zero-order valence-corrected chi connectivity index (χ0v) is 7.44. The number of esters is 1. The van der Waals surface area contributed by atoms with Crippen LogP contribution < -0.4 is 0 Å². The minimum absolute atomic E-state index is 0.0236. The maximum atomic E-state index is 11.2. The minimum atomic E-state index is -0.600.